The third kappa shape index (κ3) is 51.9. The van der Waals surface area contributed by atoms with Crippen molar-refractivity contribution in [2.45, 2.75) is 309 Å². The fourth-order valence-corrected chi connectivity index (χ4v) is 8.81. The number of ether oxygens (including phenoxy) is 2. The second-order valence-corrected chi connectivity index (χ2v) is 19.8. The van der Waals surface area contributed by atoms with E-state index in [4.69, 9.17) is 19.3 Å². The lowest BCUT2D eigenvalue weighted by Gasteiger charge is -2.18. The van der Waals surface area contributed by atoms with Gasteiger partial charge in [0, 0.05) is 13.0 Å². The monoisotopic (exact) mass is 873 g/mol. The molecule has 360 valence electrons. The molecule has 0 aliphatic heterocycles. The zero-order valence-electron chi connectivity index (χ0n) is 40.4. The summed E-state index contributed by atoms with van der Waals surface area (Å²) in [4.78, 5) is 30.8. The van der Waals surface area contributed by atoms with Crippen molar-refractivity contribution in [3.63, 3.8) is 0 Å². The fraction of sp³-hybridized carbons (Fsp3) is 0.981. The Kier molecular flexibility index (Phi) is 49.2. The van der Waals surface area contributed by atoms with Gasteiger partial charge in [0.1, 0.15) is 6.10 Å². The predicted molar refractivity (Wildman–Crippen MR) is 258 cm³/mol. The van der Waals surface area contributed by atoms with Crippen LogP contribution in [-0.4, -0.2) is 41.7 Å². The van der Waals surface area contributed by atoms with Gasteiger partial charge in [-0.25, -0.2) is 4.57 Å². The van der Waals surface area contributed by atoms with Gasteiger partial charge >= 0.3 is 13.8 Å². The van der Waals surface area contributed by atoms with Crippen molar-refractivity contribution < 1.29 is 33.1 Å². The largest absolute Gasteiger partial charge is 0.469 e. The maximum absolute atomic E-state index is 12.5. The highest BCUT2D eigenvalue weighted by Crippen LogP contribution is 2.36. The van der Waals surface area contributed by atoms with E-state index in [1.807, 2.05) is 0 Å². The van der Waals surface area contributed by atoms with Gasteiger partial charge in [0.2, 0.25) is 0 Å². The van der Waals surface area contributed by atoms with Crippen molar-refractivity contribution in [2.75, 3.05) is 19.8 Å². The van der Waals surface area contributed by atoms with Crippen LogP contribution in [0.4, 0.5) is 0 Å². The van der Waals surface area contributed by atoms with Crippen LogP contribution in [0.15, 0.2) is 0 Å². The van der Waals surface area contributed by atoms with Crippen LogP contribution in [0.3, 0.4) is 0 Å². The molecule has 0 aliphatic rings. The molecule has 0 aromatic carbocycles. The minimum Gasteiger partial charge on any atom is -0.457 e. The van der Waals surface area contributed by atoms with E-state index < -0.39 is 13.9 Å². The number of phosphoric ester groups is 1. The number of carbonyl (C=O) groups is 1. The summed E-state index contributed by atoms with van der Waals surface area (Å²) in [6.45, 7) is 4.84. The van der Waals surface area contributed by atoms with Crippen molar-refractivity contribution in [3.8, 4) is 0 Å². The normalized spacial score (nSPS) is 12.4. The summed E-state index contributed by atoms with van der Waals surface area (Å²) < 4.78 is 27.2. The molecule has 0 fully saturated rings. The Hall–Kier alpha value is -0.460. The van der Waals surface area contributed by atoms with Gasteiger partial charge in [-0.3, -0.25) is 9.32 Å². The summed E-state index contributed by atoms with van der Waals surface area (Å²) in [6.07, 6.45) is 58.5. The molecular formula is C52H105O7P. The minimum absolute atomic E-state index is 0.0876. The zero-order chi connectivity index (χ0) is 43.7. The van der Waals surface area contributed by atoms with Gasteiger partial charge < -0.3 is 19.3 Å². The summed E-state index contributed by atoms with van der Waals surface area (Å²) in [6, 6.07) is 0. The second-order valence-electron chi connectivity index (χ2n) is 18.6. The van der Waals surface area contributed by atoms with Crippen LogP contribution in [0.2, 0.25) is 0 Å². The molecule has 0 aliphatic carbocycles. The average molecular weight is 873 g/mol. The number of unbranched alkanes of at least 4 members (excludes halogenated alkanes) is 42. The number of rotatable bonds is 52. The predicted octanol–water partition coefficient (Wildman–Crippen LogP) is 17.6. The molecule has 8 heteroatoms. The summed E-state index contributed by atoms with van der Waals surface area (Å²) in [5, 5.41) is 0. The first-order valence-electron chi connectivity index (χ1n) is 26.9. The van der Waals surface area contributed by atoms with Crippen LogP contribution in [0.25, 0.3) is 0 Å². The van der Waals surface area contributed by atoms with Crippen molar-refractivity contribution in [2.24, 2.45) is 0 Å². The molecule has 0 aromatic rings. The highest BCUT2D eigenvalue weighted by Gasteiger charge is 2.21. The summed E-state index contributed by atoms with van der Waals surface area (Å²) in [5.41, 5.74) is 0. The van der Waals surface area contributed by atoms with E-state index in [1.165, 1.54) is 250 Å². The Bertz CT molecular complexity index is 880. The molecule has 0 radical (unpaired) electrons. The lowest BCUT2D eigenvalue weighted by molar-refractivity contribution is -0.154. The molecule has 0 saturated carbocycles. The Balaban J connectivity index is 3.63. The molecule has 2 N–H and O–H groups in total. The molecule has 0 aromatic heterocycles. The molecular weight excluding hydrogens is 768 g/mol. The third-order valence-electron chi connectivity index (χ3n) is 12.4. The molecule has 0 saturated heterocycles. The van der Waals surface area contributed by atoms with Crippen molar-refractivity contribution in [1.82, 2.24) is 0 Å². The molecule has 0 spiro atoms. The van der Waals surface area contributed by atoms with Crippen LogP contribution in [0.5, 0.6) is 0 Å². The highest BCUT2D eigenvalue weighted by molar-refractivity contribution is 7.46. The molecule has 0 bridgehead atoms. The quantitative estimate of drug-likeness (QED) is 0.0356. The van der Waals surface area contributed by atoms with E-state index in [9.17, 15) is 9.36 Å². The van der Waals surface area contributed by atoms with Crippen molar-refractivity contribution >= 4 is 13.8 Å². The van der Waals surface area contributed by atoms with Gasteiger partial charge in [-0.2, -0.15) is 0 Å². The molecule has 1 atom stereocenters. The minimum atomic E-state index is -4.65. The maximum atomic E-state index is 12.5. The summed E-state index contributed by atoms with van der Waals surface area (Å²) in [7, 11) is -4.65. The summed E-state index contributed by atoms with van der Waals surface area (Å²) >= 11 is 0. The van der Waals surface area contributed by atoms with Crippen molar-refractivity contribution in [1.29, 1.82) is 0 Å². The van der Waals surface area contributed by atoms with E-state index in [0.717, 1.165) is 32.1 Å². The van der Waals surface area contributed by atoms with Crippen LogP contribution >= 0.6 is 7.82 Å². The topological polar surface area (TPSA) is 102 Å². The lowest BCUT2D eigenvalue weighted by Crippen LogP contribution is -2.28. The number of hydrogen-bond donors (Lipinski definition) is 2. The van der Waals surface area contributed by atoms with Crippen LogP contribution in [-0.2, 0) is 23.4 Å². The molecule has 60 heavy (non-hydrogen) atoms. The van der Waals surface area contributed by atoms with Gasteiger partial charge in [-0.05, 0) is 12.8 Å². The first kappa shape index (κ1) is 59.5. The lowest BCUT2D eigenvalue weighted by atomic mass is 10.0. The van der Waals surface area contributed by atoms with E-state index in [-0.39, 0.29) is 19.2 Å². The number of esters is 1. The van der Waals surface area contributed by atoms with Gasteiger partial charge in [0.05, 0.1) is 13.2 Å². The molecule has 0 unspecified atom stereocenters. The molecule has 0 heterocycles. The molecule has 7 nitrogen and oxygen atoms in total. The number of phosphoric acid groups is 1. The van der Waals surface area contributed by atoms with E-state index in [2.05, 4.69) is 18.4 Å². The van der Waals surface area contributed by atoms with Crippen LogP contribution in [0, 0.1) is 0 Å². The van der Waals surface area contributed by atoms with Gasteiger partial charge in [0.25, 0.3) is 0 Å². The van der Waals surface area contributed by atoms with E-state index in [0.29, 0.717) is 13.0 Å². The molecule has 0 rings (SSSR count). The van der Waals surface area contributed by atoms with Gasteiger partial charge in [-0.15, -0.1) is 0 Å². The van der Waals surface area contributed by atoms with Crippen molar-refractivity contribution in [3.05, 3.63) is 0 Å². The first-order valence-corrected chi connectivity index (χ1v) is 28.4. The van der Waals surface area contributed by atoms with E-state index >= 15 is 0 Å². The van der Waals surface area contributed by atoms with Gasteiger partial charge in [-0.1, -0.05) is 284 Å². The zero-order valence-corrected chi connectivity index (χ0v) is 41.3. The number of hydrogen-bond acceptors (Lipinski definition) is 5. The maximum Gasteiger partial charge on any atom is 0.469 e. The number of carbonyl (C=O) groups excluding carboxylic acids is 1. The first-order chi connectivity index (χ1) is 29.4. The highest BCUT2D eigenvalue weighted by atomic mass is 31.2. The Labute approximate surface area is 374 Å². The van der Waals surface area contributed by atoms with E-state index in [1.54, 1.807) is 0 Å². The molecule has 0 amide bonds. The van der Waals surface area contributed by atoms with Crippen LogP contribution in [0.1, 0.15) is 303 Å². The van der Waals surface area contributed by atoms with Gasteiger partial charge in [0.15, 0.2) is 0 Å². The third-order valence-corrected chi connectivity index (χ3v) is 12.9. The average Bonchev–Trinajstić information content (AvgIpc) is 3.23. The van der Waals surface area contributed by atoms with Crippen LogP contribution < -0.4 is 0 Å². The Morgan fingerprint density at radius 2 is 0.633 bits per heavy atom. The second kappa shape index (κ2) is 49.6. The SMILES string of the molecule is CCCCCCCCCCCCCCCCCCCCCCCCCCC(=O)O[C@H](COCCCCCCCCCCCCCCCCCCCCCC)COP(=O)(O)O. The Morgan fingerprint density at radius 1 is 0.383 bits per heavy atom. The smallest absolute Gasteiger partial charge is 0.457 e. The fourth-order valence-electron chi connectivity index (χ4n) is 8.45. The summed E-state index contributed by atoms with van der Waals surface area (Å²) in [5.74, 6) is -0.351. The standard InChI is InChI=1S/C52H105O7P/c1-3-5-7-9-11-13-15-17-19-21-23-25-26-27-28-29-31-33-35-37-39-41-43-45-47-52(53)59-51(50-58-60(54,55)56)49-57-48-46-44-42-40-38-36-34-32-30-24-22-20-18-16-14-12-10-8-6-4-2/h51H,3-50H2,1-2H3,(H2,54,55,56)/t51-/m1/s1. The Morgan fingerprint density at radius 3 is 0.900 bits per heavy atom.